The second-order valence-corrected chi connectivity index (χ2v) is 8.93. The van der Waals surface area contributed by atoms with Crippen molar-refractivity contribution in [3.63, 3.8) is 0 Å². The lowest BCUT2D eigenvalue weighted by atomic mass is 9.93. The van der Waals surface area contributed by atoms with Crippen molar-refractivity contribution in [2.75, 3.05) is 26.4 Å². The summed E-state index contributed by atoms with van der Waals surface area (Å²) in [6.45, 7) is 1.91. The van der Waals surface area contributed by atoms with Gasteiger partial charge in [-0.05, 0) is 40.4 Å². The zero-order valence-corrected chi connectivity index (χ0v) is 19.9. The summed E-state index contributed by atoms with van der Waals surface area (Å²) in [5, 5.41) is 19.7. The van der Waals surface area contributed by atoms with Crippen LogP contribution in [0.1, 0.15) is 25.3 Å². The van der Waals surface area contributed by atoms with Gasteiger partial charge >= 0.3 is 6.09 Å². The van der Waals surface area contributed by atoms with E-state index in [1.54, 1.807) is 0 Å². The number of halogens is 1. The van der Waals surface area contributed by atoms with E-state index in [0.29, 0.717) is 12.8 Å². The SMILES string of the molecule is CC(C(=O)N1C(=O)OCC1Cc1ccccc1)C1OC(O)(CCCOCCO)C(Br)=CC1=O. The zero-order chi connectivity index (χ0) is 24.0. The van der Waals surface area contributed by atoms with Crippen molar-refractivity contribution >= 4 is 33.7 Å². The van der Waals surface area contributed by atoms with Crippen LogP contribution >= 0.6 is 15.9 Å². The number of aliphatic hydroxyl groups is 2. The molecule has 180 valence electrons. The van der Waals surface area contributed by atoms with Crippen LogP contribution in [0.4, 0.5) is 4.79 Å². The average Bonchev–Trinajstić information content (AvgIpc) is 3.16. The number of benzene rings is 1. The van der Waals surface area contributed by atoms with Crippen molar-refractivity contribution in [1.82, 2.24) is 4.90 Å². The first-order valence-corrected chi connectivity index (χ1v) is 11.6. The molecular weight excluding hydrogens is 498 g/mol. The number of amides is 2. The molecule has 0 radical (unpaired) electrons. The van der Waals surface area contributed by atoms with E-state index in [-0.39, 0.29) is 37.3 Å². The Morgan fingerprint density at radius 3 is 2.73 bits per heavy atom. The molecule has 33 heavy (non-hydrogen) atoms. The molecule has 4 atom stereocenters. The second-order valence-electron chi connectivity index (χ2n) is 8.07. The van der Waals surface area contributed by atoms with Gasteiger partial charge in [0, 0.05) is 13.0 Å². The average molecular weight is 526 g/mol. The Hall–Kier alpha value is -2.11. The highest BCUT2D eigenvalue weighted by molar-refractivity contribution is 9.11. The number of ketones is 1. The minimum atomic E-state index is -1.81. The van der Waals surface area contributed by atoms with E-state index in [9.17, 15) is 19.5 Å². The van der Waals surface area contributed by atoms with E-state index < -0.39 is 41.6 Å². The summed E-state index contributed by atoms with van der Waals surface area (Å²) in [6, 6.07) is 8.91. The van der Waals surface area contributed by atoms with E-state index in [0.717, 1.165) is 10.5 Å². The molecule has 2 N–H and O–H groups in total. The molecule has 1 fully saturated rings. The lowest BCUT2D eigenvalue weighted by Crippen LogP contribution is -2.52. The van der Waals surface area contributed by atoms with Crippen molar-refractivity contribution in [2.24, 2.45) is 5.92 Å². The van der Waals surface area contributed by atoms with Crippen LogP contribution in [-0.4, -0.2) is 77.3 Å². The number of imide groups is 1. The number of carbonyl (C=O) groups excluding carboxylic acids is 3. The van der Waals surface area contributed by atoms with Gasteiger partial charge in [0.25, 0.3) is 0 Å². The van der Waals surface area contributed by atoms with Crippen molar-refractivity contribution in [3.05, 3.63) is 46.5 Å². The third-order valence-corrected chi connectivity index (χ3v) is 6.49. The molecular formula is C23H28BrNO8. The monoisotopic (exact) mass is 525 g/mol. The zero-order valence-electron chi connectivity index (χ0n) is 18.3. The molecule has 1 aromatic carbocycles. The Labute approximate surface area is 200 Å². The van der Waals surface area contributed by atoms with Crippen LogP contribution in [0, 0.1) is 5.92 Å². The minimum absolute atomic E-state index is 0.0644. The fraction of sp³-hybridized carbons (Fsp3) is 0.522. The number of ether oxygens (including phenoxy) is 3. The summed E-state index contributed by atoms with van der Waals surface area (Å²) in [4.78, 5) is 39.3. The molecule has 1 saturated heterocycles. The molecule has 0 aromatic heterocycles. The summed E-state index contributed by atoms with van der Waals surface area (Å²) in [6.07, 6.45) is 0.0874. The molecule has 4 unspecified atom stereocenters. The van der Waals surface area contributed by atoms with Crippen molar-refractivity contribution < 1.29 is 38.8 Å². The molecule has 3 rings (SSSR count). The van der Waals surface area contributed by atoms with Gasteiger partial charge in [0.05, 0.1) is 29.7 Å². The Bertz CT molecular complexity index is 892. The van der Waals surface area contributed by atoms with E-state index >= 15 is 0 Å². The highest BCUT2D eigenvalue weighted by atomic mass is 79.9. The van der Waals surface area contributed by atoms with Crippen LogP contribution in [-0.2, 0) is 30.2 Å². The molecule has 2 heterocycles. The lowest BCUT2D eigenvalue weighted by Gasteiger charge is -2.37. The van der Waals surface area contributed by atoms with Crippen molar-refractivity contribution in [3.8, 4) is 0 Å². The van der Waals surface area contributed by atoms with Crippen molar-refractivity contribution in [1.29, 1.82) is 0 Å². The van der Waals surface area contributed by atoms with Gasteiger partial charge in [-0.2, -0.15) is 0 Å². The molecule has 1 aromatic rings. The number of cyclic esters (lactones) is 1. The maximum atomic E-state index is 13.3. The molecule has 10 heteroatoms. The molecule has 2 aliphatic rings. The maximum Gasteiger partial charge on any atom is 0.416 e. The minimum Gasteiger partial charge on any atom is -0.447 e. The van der Waals surface area contributed by atoms with Gasteiger partial charge in [0.1, 0.15) is 12.7 Å². The molecule has 0 saturated carbocycles. The van der Waals surface area contributed by atoms with Crippen molar-refractivity contribution in [2.45, 2.75) is 44.1 Å². The fourth-order valence-corrected chi connectivity index (χ4v) is 4.38. The van der Waals surface area contributed by atoms with Crippen LogP contribution in [0.15, 0.2) is 40.9 Å². The van der Waals surface area contributed by atoms with Crippen LogP contribution < -0.4 is 0 Å². The number of carbonyl (C=O) groups is 3. The number of hydrogen-bond acceptors (Lipinski definition) is 8. The number of nitrogens with zero attached hydrogens (tertiary/aromatic N) is 1. The number of aliphatic hydroxyl groups excluding tert-OH is 1. The quantitative estimate of drug-likeness (QED) is 0.444. The molecule has 9 nitrogen and oxygen atoms in total. The first kappa shape index (κ1) is 25.5. The van der Waals surface area contributed by atoms with Gasteiger partial charge in [-0.1, -0.05) is 37.3 Å². The Morgan fingerprint density at radius 1 is 1.30 bits per heavy atom. The van der Waals surface area contributed by atoms with Gasteiger partial charge < -0.3 is 24.4 Å². The Morgan fingerprint density at radius 2 is 2.03 bits per heavy atom. The smallest absolute Gasteiger partial charge is 0.416 e. The number of hydrogen-bond donors (Lipinski definition) is 2. The molecule has 0 spiro atoms. The predicted octanol–water partition coefficient (Wildman–Crippen LogP) is 1.94. The van der Waals surface area contributed by atoms with Gasteiger partial charge in [0.2, 0.25) is 5.91 Å². The first-order chi connectivity index (χ1) is 15.8. The molecule has 2 amide bonds. The standard InChI is InChI=1S/C23H28BrNO8/c1-15(20-18(27)13-19(24)23(30,33-20)8-5-10-31-11-9-26)21(28)25-17(14-32-22(25)29)12-16-6-3-2-4-7-16/h2-4,6-7,13,15,17,20,26,30H,5,8-12,14H2,1H3. The summed E-state index contributed by atoms with van der Waals surface area (Å²) in [5.41, 5.74) is 0.945. The Balaban J connectivity index is 1.70. The Kier molecular flexibility index (Phi) is 8.77. The van der Waals surface area contributed by atoms with Gasteiger partial charge in [-0.25, -0.2) is 9.69 Å². The van der Waals surface area contributed by atoms with Gasteiger partial charge in [-0.3, -0.25) is 9.59 Å². The molecule has 0 bridgehead atoms. The van der Waals surface area contributed by atoms with Crippen LogP contribution in [0.5, 0.6) is 0 Å². The van der Waals surface area contributed by atoms with E-state index in [1.807, 2.05) is 30.3 Å². The number of rotatable bonds is 10. The topological polar surface area (TPSA) is 123 Å². The first-order valence-electron chi connectivity index (χ1n) is 10.8. The molecule has 2 aliphatic heterocycles. The summed E-state index contributed by atoms with van der Waals surface area (Å²) >= 11 is 3.19. The lowest BCUT2D eigenvalue weighted by molar-refractivity contribution is -0.217. The second kappa shape index (κ2) is 11.3. The fourth-order valence-electron chi connectivity index (χ4n) is 3.87. The van der Waals surface area contributed by atoms with E-state index in [2.05, 4.69) is 15.9 Å². The van der Waals surface area contributed by atoms with Gasteiger partial charge in [-0.15, -0.1) is 0 Å². The highest BCUT2D eigenvalue weighted by Crippen LogP contribution is 2.36. The van der Waals surface area contributed by atoms with E-state index in [1.165, 1.54) is 13.0 Å². The maximum absolute atomic E-state index is 13.3. The third-order valence-electron chi connectivity index (χ3n) is 5.64. The largest absolute Gasteiger partial charge is 0.447 e. The summed E-state index contributed by atoms with van der Waals surface area (Å²) in [7, 11) is 0. The third kappa shape index (κ3) is 6.07. The van der Waals surface area contributed by atoms with Crippen LogP contribution in [0.25, 0.3) is 0 Å². The highest BCUT2D eigenvalue weighted by Gasteiger charge is 2.48. The van der Waals surface area contributed by atoms with Gasteiger partial charge in [0.15, 0.2) is 11.6 Å². The van der Waals surface area contributed by atoms with E-state index in [4.69, 9.17) is 19.3 Å². The predicted molar refractivity (Wildman–Crippen MR) is 120 cm³/mol. The molecule has 0 aliphatic carbocycles. The normalized spacial score (nSPS) is 26.2. The van der Waals surface area contributed by atoms with Crippen LogP contribution in [0.3, 0.4) is 0 Å². The summed E-state index contributed by atoms with van der Waals surface area (Å²) < 4.78 is 16.2. The van der Waals surface area contributed by atoms with Crippen LogP contribution in [0.2, 0.25) is 0 Å². The summed E-state index contributed by atoms with van der Waals surface area (Å²) in [5.74, 6) is -3.94.